The van der Waals surface area contributed by atoms with Crippen molar-refractivity contribution in [3.05, 3.63) is 59.7 Å². The molecular formula is C20H21NO2. The molecule has 2 aromatic carbocycles. The Labute approximate surface area is 137 Å². The number of nitrogens with zero attached hydrogens (tertiary/aromatic N) is 1. The summed E-state index contributed by atoms with van der Waals surface area (Å²) in [4.78, 5) is 2.38. The third-order valence-corrected chi connectivity index (χ3v) is 4.01. The average molecular weight is 307 g/mol. The molecule has 0 aromatic heterocycles. The molecule has 0 atom stereocenters. The van der Waals surface area contributed by atoms with Crippen LogP contribution in [0, 0.1) is 11.8 Å². The zero-order chi connectivity index (χ0) is 15.9. The van der Waals surface area contributed by atoms with Crippen molar-refractivity contribution in [1.29, 1.82) is 0 Å². The molecule has 0 spiro atoms. The zero-order valence-electron chi connectivity index (χ0n) is 13.4. The van der Waals surface area contributed by atoms with E-state index in [-0.39, 0.29) is 0 Å². The van der Waals surface area contributed by atoms with E-state index < -0.39 is 0 Å². The highest BCUT2D eigenvalue weighted by atomic mass is 16.5. The van der Waals surface area contributed by atoms with Crippen molar-refractivity contribution in [2.24, 2.45) is 0 Å². The van der Waals surface area contributed by atoms with Crippen LogP contribution in [0.15, 0.2) is 48.5 Å². The number of benzene rings is 2. The highest BCUT2D eigenvalue weighted by Gasteiger charge is 2.13. The van der Waals surface area contributed by atoms with E-state index >= 15 is 0 Å². The maximum atomic E-state index is 5.60. The van der Waals surface area contributed by atoms with Gasteiger partial charge in [-0.05, 0) is 41.8 Å². The lowest BCUT2D eigenvalue weighted by Gasteiger charge is -2.26. The molecule has 0 amide bonds. The summed E-state index contributed by atoms with van der Waals surface area (Å²) in [6, 6.07) is 16.2. The van der Waals surface area contributed by atoms with Crippen LogP contribution in [0.5, 0.6) is 11.5 Å². The molecule has 23 heavy (non-hydrogen) atoms. The molecule has 3 nitrogen and oxygen atoms in total. The topological polar surface area (TPSA) is 21.7 Å². The van der Waals surface area contributed by atoms with Gasteiger partial charge in [-0.15, -0.1) is 0 Å². The highest BCUT2D eigenvalue weighted by Crippen LogP contribution is 2.18. The Hall–Kier alpha value is -2.44. The minimum Gasteiger partial charge on any atom is -0.497 e. The lowest BCUT2D eigenvalue weighted by Crippen LogP contribution is -2.30. The van der Waals surface area contributed by atoms with Gasteiger partial charge in [0.15, 0.2) is 0 Å². The summed E-state index contributed by atoms with van der Waals surface area (Å²) < 4.78 is 10.7. The predicted octanol–water partition coefficient (Wildman–Crippen LogP) is 3.14. The van der Waals surface area contributed by atoms with Crippen molar-refractivity contribution in [2.45, 2.75) is 13.0 Å². The molecule has 2 aromatic rings. The van der Waals surface area contributed by atoms with Crippen LogP contribution in [0.4, 0.5) is 0 Å². The first-order valence-electron chi connectivity index (χ1n) is 7.87. The Morgan fingerprint density at radius 3 is 2.48 bits per heavy atom. The van der Waals surface area contributed by atoms with Gasteiger partial charge in [0.1, 0.15) is 18.1 Å². The number of hydrogen-bond donors (Lipinski definition) is 0. The van der Waals surface area contributed by atoms with E-state index in [4.69, 9.17) is 9.47 Å². The van der Waals surface area contributed by atoms with Crippen LogP contribution >= 0.6 is 0 Å². The second-order valence-corrected chi connectivity index (χ2v) is 5.55. The molecule has 3 heteroatoms. The first-order chi connectivity index (χ1) is 11.3. The van der Waals surface area contributed by atoms with Crippen LogP contribution in [0.3, 0.4) is 0 Å². The molecule has 0 bridgehead atoms. The monoisotopic (exact) mass is 307 g/mol. The van der Waals surface area contributed by atoms with Gasteiger partial charge in [-0.25, -0.2) is 0 Å². The van der Waals surface area contributed by atoms with E-state index in [1.807, 2.05) is 24.3 Å². The minimum atomic E-state index is 0.413. The van der Waals surface area contributed by atoms with E-state index in [1.165, 1.54) is 11.1 Å². The van der Waals surface area contributed by atoms with E-state index in [2.05, 4.69) is 41.0 Å². The molecule has 1 aliphatic rings. The molecule has 0 saturated heterocycles. The lowest BCUT2D eigenvalue weighted by atomic mass is 10.0. The molecule has 0 radical (unpaired) electrons. The standard InChI is InChI=1S/C20H21NO2/c1-22-19-8-10-20(11-9-19)23-15-5-4-13-21-14-12-17-6-2-3-7-18(17)16-21/h2-3,6-11H,12-16H2,1H3. The first-order valence-corrected chi connectivity index (χ1v) is 7.87. The number of rotatable bonds is 4. The fourth-order valence-corrected chi connectivity index (χ4v) is 2.70. The maximum Gasteiger partial charge on any atom is 0.149 e. The van der Waals surface area contributed by atoms with Crippen molar-refractivity contribution < 1.29 is 9.47 Å². The Morgan fingerprint density at radius 1 is 0.957 bits per heavy atom. The zero-order valence-corrected chi connectivity index (χ0v) is 13.4. The average Bonchev–Trinajstić information content (AvgIpc) is 2.62. The van der Waals surface area contributed by atoms with Gasteiger partial charge in [0.05, 0.1) is 13.7 Å². The second kappa shape index (κ2) is 7.71. The Balaban J connectivity index is 1.44. The second-order valence-electron chi connectivity index (χ2n) is 5.55. The van der Waals surface area contributed by atoms with Gasteiger partial charge in [-0.1, -0.05) is 36.1 Å². The smallest absolute Gasteiger partial charge is 0.149 e. The molecule has 0 saturated carbocycles. The summed E-state index contributed by atoms with van der Waals surface area (Å²) in [5.41, 5.74) is 2.90. The summed E-state index contributed by atoms with van der Waals surface area (Å²) in [6.45, 7) is 3.27. The summed E-state index contributed by atoms with van der Waals surface area (Å²) in [7, 11) is 1.65. The predicted molar refractivity (Wildman–Crippen MR) is 91.7 cm³/mol. The fraction of sp³-hybridized carbons (Fsp3) is 0.300. The van der Waals surface area contributed by atoms with Gasteiger partial charge in [0.25, 0.3) is 0 Å². The number of hydrogen-bond acceptors (Lipinski definition) is 3. The van der Waals surface area contributed by atoms with Gasteiger partial charge in [0.2, 0.25) is 0 Å². The maximum absolute atomic E-state index is 5.60. The molecule has 0 N–H and O–H groups in total. The molecule has 1 heterocycles. The lowest BCUT2D eigenvalue weighted by molar-refractivity contribution is 0.286. The molecular weight excluding hydrogens is 286 g/mol. The van der Waals surface area contributed by atoms with Gasteiger partial charge in [-0.2, -0.15) is 0 Å². The van der Waals surface area contributed by atoms with Crippen LogP contribution in [0.2, 0.25) is 0 Å². The van der Waals surface area contributed by atoms with Crippen molar-refractivity contribution in [1.82, 2.24) is 4.90 Å². The van der Waals surface area contributed by atoms with Gasteiger partial charge in [-0.3, -0.25) is 4.90 Å². The minimum absolute atomic E-state index is 0.413. The Kier molecular flexibility index (Phi) is 5.18. The van der Waals surface area contributed by atoms with Crippen molar-refractivity contribution in [2.75, 3.05) is 26.8 Å². The van der Waals surface area contributed by atoms with Crippen LogP contribution < -0.4 is 9.47 Å². The third-order valence-electron chi connectivity index (χ3n) is 4.01. The van der Waals surface area contributed by atoms with Crippen molar-refractivity contribution in [3.8, 4) is 23.3 Å². The third kappa shape index (κ3) is 4.28. The van der Waals surface area contributed by atoms with Crippen LogP contribution in [0.25, 0.3) is 0 Å². The van der Waals surface area contributed by atoms with Gasteiger partial charge in [0, 0.05) is 13.1 Å². The van der Waals surface area contributed by atoms with Crippen molar-refractivity contribution >= 4 is 0 Å². The Bertz CT molecular complexity index is 698. The van der Waals surface area contributed by atoms with E-state index in [9.17, 15) is 0 Å². The summed E-state index contributed by atoms with van der Waals surface area (Å²) in [5, 5.41) is 0. The Morgan fingerprint density at radius 2 is 1.70 bits per heavy atom. The molecule has 118 valence electrons. The molecule has 1 aliphatic heterocycles. The fourth-order valence-electron chi connectivity index (χ4n) is 2.70. The van der Waals surface area contributed by atoms with Crippen LogP contribution in [-0.2, 0) is 13.0 Å². The number of ether oxygens (including phenoxy) is 2. The quantitative estimate of drug-likeness (QED) is 0.810. The normalized spacial score (nSPS) is 13.6. The van der Waals surface area contributed by atoms with E-state index in [1.54, 1.807) is 7.11 Å². The highest BCUT2D eigenvalue weighted by molar-refractivity contribution is 5.31. The summed E-state index contributed by atoms with van der Waals surface area (Å²) in [5.74, 6) is 7.93. The van der Waals surface area contributed by atoms with Gasteiger partial charge >= 0.3 is 0 Å². The first kappa shape index (κ1) is 15.5. The van der Waals surface area contributed by atoms with Crippen LogP contribution in [0.1, 0.15) is 11.1 Å². The molecule has 0 fully saturated rings. The number of fused-ring (bicyclic) bond motifs is 1. The van der Waals surface area contributed by atoms with E-state index in [0.717, 1.165) is 37.6 Å². The largest absolute Gasteiger partial charge is 0.497 e. The van der Waals surface area contributed by atoms with Gasteiger partial charge < -0.3 is 9.47 Å². The molecule has 3 rings (SSSR count). The summed E-state index contributed by atoms with van der Waals surface area (Å²) in [6.07, 6.45) is 1.11. The number of methoxy groups -OCH3 is 1. The van der Waals surface area contributed by atoms with Crippen LogP contribution in [-0.4, -0.2) is 31.7 Å². The molecule has 0 aliphatic carbocycles. The molecule has 0 unspecified atom stereocenters. The summed E-state index contributed by atoms with van der Waals surface area (Å²) >= 11 is 0. The van der Waals surface area contributed by atoms with E-state index in [0.29, 0.717) is 6.61 Å². The van der Waals surface area contributed by atoms with Crippen molar-refractivity contribution in [3.63, 3.8) is 0 Å². The SMILES string of the molecule is COc1ccc(OCC#CCN2CCc3ccccc3C2)cc1.